The summed E-state index contributed by atoms with van der Waals surface area (Å²) in [6.07, 6.45) is 0. The number of hydrogen-bond donors (Lipinski definition) is 3. The zero-order chi connectivity index (χ0) is 14.4. The molecule has 5 heteroatoms. The van der Waals surface area contributed by atoms with Crippen LogP contribution in [0, 0.1) is 0 Å². The first-order chi connectivity index (χ1) is 10.2. The van der Waals surface area contributed by atoms with E-state index < -0.39 is 5.97 Å². The maximum absolute atomic E-state index is 11.0. The van der Waals surface area contributed by atoms with Crippen molar-refractivity contribution < 1.29 is 9.90 Å². The Balaban J connectivity index is 0.00000144. The number of aromatic carboxylic acids is 1. The summed E-state index contributed by atoms with van der Waals surface area (Å²) in [5.74, 6) is -0.926. The van der Waals surface area contributed by atoms with Gasteiger partial charge in [0.2, 0.25) is 0 Å². The summed E-state index contributed by atoms with van der Waals surface area (Å²) < 4.78 is 0. The van der Waals surface area contributed by atoms with Crippen LogP contribution in [0.15, 0.2) is 48.5 Å². The minimum absolute atomic E-state index is 0. The van der Waals surface area contributed by atoms with Gasteiger partial charge < -0.3 is 10.1 Å². The van der Waals surface area contributed by atoms with E-state index in [4.69, 9.17) is 5.11 Å². The molecular formula is C17H15N3O2. The molecule has 3 N–H and O–H groups in total. The van der Waals surface area contributed by atoms with E-state index in [1.807, 2.05) is 30.3 Å². The first-order valence-electron chi connectivity index (χ1n) is 6.52. The van der Waals surface area contributed by atoms with Crippen molar-refractivity contribution in [1.82, 2.24) is 15.2 Å². The minimum Gasteiger partial charge on any atom is -0.478 e. The molecule has 0 atom stereocenters. The molecule has 4 aromatic rings. The second-order valence-electron chi connectivity index (χ2n) is 4.91. The molecule has 2 aromatic carbocycles. The van der Waals surface area contributed by atoms with Gasteiger partial charge in [-0.2, -0.15) is 5.10 Å². The fourth-order valence-corrected chi connectivity index (χ4v) is 2.56. The molecule has 0 saturated carbocycles. The van der Waals surface area contributed by atoms with E-state index in [0.29, 0.717) is 0 Å². The molecule has 0 radical (unpaired) electrons. The number of aromatic nitrogens is 3. The highest BCUT2D eigenvalue weighted by Gasteiger charge is 2.11. The van der Waals surface area contributed by atoms with Crippen molar-refractivity contribution in [2.45, 2.75) is 7.43 Å². The SMILES string of the molecule is C.O=C(O)c1ccc2[nH]c(-c3n[nH]c4ccccc34)cc2c1. The van der Waals surface area contributed by atoms with Gasteiger partial charge in [0.05, 0.1) is 16.8 Å². The van der Waals surface area contributed by atoms with Gasteiger partial charge in [-0.25, -0.2) is 4.79 Å². The molecular weight excluding hydrogens is 278 g/mol. The average molecular weight is 293 g/mol. The Labute approximate surface area is 126 Å². The van der Waals surface area contributed by atoms with E-state index in [1.165, 1.54) is 0 Å². The third-order valence-corrected chi connectivity index (χ3v) is 3.59. The predicted molar refractivity (Wildman–Crippen MR) is 87.1 cm³/mol. The highest BCUT2D eigenvalue weighted by Crippen LogP contribution is 2.28. The van der Waals surface area contributed by atoms with Crippen LogP contribution in [0.25, 0.3) is 33.2 Å². The van der Waals surface area contributed by atoms with Gasteiger partial charge in [0.25, 0.3) is 0 Å². The number of benzene rings is 2. The first kappa shape index (κ1) is 13.9. The topological polar surface area (TPSA) is 81.8 Å². The summed E-state index contributed by atoms with van der Waals surface area (Å²) in [6.45, 7) is 0. The molecule has 4 rings (SSSR count). The second kappa shape index (κ2) is 5.04. The highest BCUT2D eigenvalue weighted by molar-refractivity contribution is 5.98. The number of hydrogen-bond acceptors (Lipinski definition) is 2. The van der Waals surface area contributed by atoms with Crippen molar-refractivity contribution in [3.8, 4) is 11.4 Å². The molecule has 0 aliphatic rings. The zero-order valence-corrected chi connectivity index (χ0v) is 10.9. The molecule has 0 saturated heterocycles. The molecule has 0 aliphatic carbocycles. The molecule has 0 bridgehead atoms. The van der Waals surface area contributed by atoms with Crippen molar-refractivity contribution in [3.05, 3.63) is 54.1 Å². The van der Waals surface area contributed by atoms with Crippen LogP contribution in [0.4, 0.5) is 0 Å². The number of carboxylic acid groups (broad SMARTS) is 1. The Morgan fingerprint density at radius 2 is 1.86 bits per heavy atom. The van der Waals surface area contributed by atoms with Crippen molar-refractivity contribution >= 4 is 27.8 Å². The van der Waals surface area contributed by atoms with E-state index in [9.17, 15) is 4.79 Å². The second-order valence-corrected chi connectivity index (χ2v) is 4.91. The number of fused-ring (bicyclic) bond motifs is 2. The zero-order valence-electron chi connectivity index (χ0n) is 10.9. The maximum Gasteiger partial charge on any atom is 0.335 e. The Hall–Kier alpha value is -3.08. The van der Waals surface area contributed by atoms with E-state index in [1.54, 1.807) is 18.2 Å². The average Bonchev–Trinajstić information content (AvgIpc) is 3.09. The number of para-hydroxylation sites is 1. The summed E-state index contributed by atoms with van der Waals surface area (Å²) in [7, 11) is 0. The summed E-state index contributed by atoms with van der Waals surface area (Å²) in [5.41, 5.74) is 3.84. The van der Waals surface area contributed by atoms with E-state index in [0.717, 1.165) is 33.2 Å². The summed E-state index contributed by atoms with van der Waals surface area (Å²) in [6, 6.07) is 14.8. The van der Waals surface area contributed by atoms with Crippen LogP contribution < -0.4 is 0 Å². The first-order valence-corrected chi connectivity index (χ1v) is 6.52. The lowest BCUT2D eigenvalue weighted by atomic mass is 10.1. The molecule has 0 spiro atoms. The molecule has 0 amide bonds. The summed E-state index contributed by atoms with van der Waals surface area (Å²) >= 11 is 0. The van der Waals surface area contributed by atoms with Gasteiger partial charge in [-0.15, -0.1) is 0 Å². The van der Waals surface area contributed by atoms with Gasteiger partial charge in [0, 0.05) is 16.3 Å². The molecule has 2 aromatic heterocycles. The number of carbonyl (C=O) groups is 1. The fraction of sp³-hybridized carbons (Fsp3) is 0.0588. The quantitative estimate of drug-likeness (QED) is 0.521. The van der Waals surface area contributed by atoms with E-state index in [2.05, 4.69) is 15.2 Å². The molecule has 5 nitrogen and oxygen atoms in total. The van der Waals surface area contributed by atoms with E-state index in [-0.39, 0.29) is 13.0 Å². The molecule has 110 valence electrons. The molecule has 0 unspecified atom stereocenters. The predicted octanol–water partition coefficient (Wildman–Crippen LogP) is 4.05. The van der Waals surface area contributed by atoms with Crippen LogP contribution in [0.3, 0.4) is 0 Å². The molecule has 0 fully saturated rings. The lowest BCUT2D eigenvalue weighted by Gasteiger charge is -1.93. The maximum atomic E-state index is 11.0. The number of H-pyrrole nitrogens is 2. The number of nitrogens with one attached hydrogen (secondary N) is 2. The minimum atomic E-state index is -0.926. The van der Waals surface area contributed by atoms with E-state index >= 15 is 0 Å². The Morgan fingerprint density at radius 3 is 2.68 bits per heavy atom. The molecule has 2 heterocycles. The smallest absolute Gasteiger partial charge is 0.335 e. The highest BCUT2D eigenvalue weighted by atomic mass is 16.4. The van der Waals surface area contributed by atoms with Gasteiger partial charge in [0.15, 0.2) is 0 Å². The van der Waals surface area contributed by atoms with Gasteiger partial charge >= 0.3 is 5.97 Å². The largest absolute Gasteiger partial charge is 0.478 e. The molecule has 22 heavy (non-hydrogen) atoms. The van der Waals surface area contributed by atoms with Crippen LogP contribution in [0.5, 0.6) is 0 Å². The van der Waals surface area contributed by atoms with Crippen LogP contribution >= 0.6 is 0 Å². The molecule has 0 aliphatic heterocycles. The summed E-state index contributed by atoms with van der Waals surface area (Å²) in [4.78, 5) is 14.3. The lowest BCUT2D eigenvalue weighted by molar-refractivity contribution is 0.0697. The Morgan fingerprint density at radius 1 is 1.05 bits per heavy atom. The number of nitrogens with zero attached hydrogens (tertiary/aromatic N) is 1. The van der Waals surface area contributed by atoms with Crippen molar-refractivity contribution in [2.24, 2.45) is 0 Å². The van der Waals surface area contributed by atoms with Crippen molar-refractivity contribution in [2.75, 3.05) is 0 Å². The third kappa shape index (κ3) is 2.03. The number of rotatable bonds is 2. The lowest BCUT2D eigenvalue weighted by Crippen LogP contribution is -1.94. The number of aromatic amines is 2. The fourth-order valence-electron chi connectivity index (χ4n) is 2.56. The monoisotopic (exact) mass is 293 g/mol. The van der Waals surface area contributed by atoms with Crippen LogP contribution in [0.1, 0.15) is 17.8 Å². The van der Waals surface area contributed by atoms with Crippen molar-refractivity contribution in [1.29, 1.82) is 0 Å². The number of carboxylic acids is 1. The Kier molecular flexibility index (Phi) is 3.18. The van der Waals surface area contributed by atoms with Crippen LogP contribution in [-0.4, -0.2) is 26.3 Å². The Bertz CT molecular complexity index is 982. The van der Waals surface area contributed by atoms with Crippen LogP contribution in [-0.2, 0) is 0 Å². The third-order valence-electron chi connectivity index (χ3n) is 3.59. The summed E-state index contributed by atoms with van der Waals surface area (Å²) in [5, 5.41) is 18.3. The van der Waals surface area contributed by atoms with Crippen LogP contribution in [0.2, 0.25) is 0 Å². The normalized spacial score (nSPS) is 10.7. The van der Waals surface area contributed by atoms with Gasteiger partial charge in [-0.05, 0) is 30.3 Å². The van der Waals surface area contributed by atoms with Gasteiger partial charge in [-0.1, -0.05) is 25.6 Å². The van der Waals surface area contributed by atoms with Gasteiger partial charge in [-0.3, -0.25) is 5.10 Å². The van der Waals surface area contributed by atoms with Gasteiger partial charge in [0.1, 0.15) is 5.69 Å². The standard InChI is InChI=1S/C16H11N3O2.CH4/c20-16(21)9-5-6-12-10(7-9)8-14(17-12)15-11-3-1-2-4-13(11)18-19-15;/h1-8,17H,(H,18,19)(H,20,21);1H4. The van der Waals surface area contributed by atoms with Crippen molar-refractivity contribution in [3.63, 3.8) is 0 Å².